The molecular formula is C12H6Cl3NO5S. The van der Waals surface area contributed by atoms with Crippen molar-refractivity contribution in [3.8, 4) is 5.75 Å². The monoisotopic (exact) mass is 381 g/mol. The van der Waals surface area contributed by atoms with E-state index in [0.29, 0.717) is 0 Å². The van der Waals surface area contributed by atoms with Crippen molar-refractivity contribution >= 4 is 50.6 Å². The van der Waals surface area contributed by atoms with Gasteiger partial charge in [0, 0.05) is 11.1 Å². The summed E-state index contributed by atoms with van der Waals surface area (Å²) in [6.07, 6.45) is 0. The fourth-order valence-electron chi connectivity index (χ4n) is 1.59. The van der Waals surface area contributed by atoms with Crippen LogP contribution in [-0.2, 0) is 10.1 Å². The van der Waals surface area contributed by atoms with E-state index in [1.165, 1.54) is 30.3 Å². The highest BCUT2D eigenvalue weighted by Gasteiger charge is 2.25. The Morgan fingerprint density at radius 1 is 1.05 bits per heavy atom. The molecule has 0 spiro atoms. The third-order valence-electron chi connectivity index (χ3n) is 2.45. The number of rotatable bonds is 4. The summed E-state index contributed by atoms with van der Waals surface area (Å²) in [5.74, 6) is -0.240. The van der Waals surface area contributed by atoms with Crippen LogP contribution in [0.1, 0.15) is 0 Å². The van der Waals surface area contributed by atoms with Gasteiger partial charge in [-0.1, -0.05) is 40.9 Å². The molecule has 0 bridgehead atoms. The van der Waals surface area contributed by atoms with Crippen molar-refractivity contribution in [3.63, 3.8) is 0 Å². The summed E-state index contributed by atoms with van der Waals surface area (Å²) in [6, 6.07) is 7.09. The molecule has 0 radical (unpaired) electrons. The zero-order valence-electron chi connectivity index (χ0n) is 10.5. The second-order valence-corrected chi connectivity index (χ2v) is 6.72. The van der Waals surface area contributed by atoms with Gasteiger partial charge >= 0.3 is 10.1 Å². The second-order valence-electron chi connectivity index (χ2n) is 3.99. The van der Waals surface area contributed by atoms with Gasteiger partial charge in [-0.2, -0.15) is 8.42 Å². The van der Waals surface area contributed by atoms with E-state index >= 15 is 0 Å². The minimum atomic E-state index is -4.38. The Hall–Kier alpha value is -1.54. The average Bonchev–Trinajstić information content (AvgIpc) is 2.36. The molecule has 0 aliphatic heterocycles. The summed E-state index contributed by atoms with van der Waals surface area (Å²) in [5, 5.41) is 10.4. The lowest BCUT2D eigenvalue weighted by atomic mass is 10.3. The van der Waals surface area contributed by atoms with Gasteiger partial charge in [0.25, 0.3) is 5.69 Å². The fraction of sp³-hybridized carbons (Fsp3) is 0. The summed E-state index contributed by atoms with van der Waals surface area (Å²) >= 11 is 17.4. The predicted molar refractivity (Wildman–Crippen MR) is 82.4 cm³/mol. The normalized spacial score (nSPS) is 11.2. The molecule has 0 saturated carbocycles. The molecule has 0 amide bonds. The van der Waals surface area contributed by atoms with Gasteiger partial charge in [0.05, 0.1) is 21.0 Å². The highest BCUT2D eigenvalue weighted by Crippen LogP contribution is 2.34. The molecule has 2 aromatic rings. The zero-order chi connectivity index (χ0) is 16.5. The minimum Gasteiger partial charge on any atom is -0.379 e. The largest absolute Gasteiger partial charge is 0.379 e. The Labute approximate surface area is 140 Å². The quantitative estimate of drug-likeness (QED) is 0.446. The fourth-order valence-corrected chi connectivity index (χ4v) is 4.00. The van der Waals surface area contributed by atoms with Gasteiger partial charge in [-0.15, -0.1) is 0 Å². The van der Waals surface area contributed by atoms with Gasteiger partial charge in [0.15, 0.2) is 0 Å². The molecule has 116 valence electrons. The van der Waals surface area contributed by atoms with Crippen molar-refractivity contribution in [2.75, 3.05) is 0 Å². The molecule has 10 heteroatoms. The van der Waals surface area contributed by atoms with Gasteiger partial charge in [-0.05, 0) is 18.2 Å². The van der Waals surface area contributed by atoms with E-state index in [9.17, 15) is 18.5 Å². The van der Waals surface area contributed by atoms with Gasteiger partial charge < -0.3 is 4.18 Å². The van der Waals surface area contributed by atoms with E-state index < -0.39 is 19.9 Å². The lowest BCUT2D eigenvalue weighted by Crippen LogP contribution is -2.11. The molecule has 6 nitrogen and oxygen atoms in total. The van der Waals surface area contributed by atoms with E-state index in [-0.39, 0.29) is 26.5 Å². The molecule has 0 aliphatic carbocycles. The summed E-state index contributed by atoms with van der Waals surface area (Å²) in [7, 11) is -4.38. The number of nitro groups is 1. The van der Waals surface area contributed by atoms with Crippen LogP contribution in [0.2, 0.25) is 15.1 Å². The van der Waals surface area contributed by atoms with Crippen molar-refractivity contribution in [2.24, 2.45) is 0 Å². The summed E-state index contributed by atoms with van der Waals surface area (Å²) < 4.78 is 29.3. The van der Waals surface area contributed by atoms with Crippen LogP contribution in [0.4, 0.5) is 5.69 Å². The maximum Gasteiger partial charge on any atom is 0.342 e. The van der Waals surface area contributed by atoms with Gasteiger partial charge in [0.1, 0.15) is 10.6 Å². The number of non-ortho nitro benzene ring substituents is 1. The molecular weight excluding hydrogens is 377 g/mol. The van der Waals surface area contributed by atoms with Crippen LogP contribution >= 0.6 is 34.8 Å². The van der Waals surface area contributed by atoms with Crippen LogP contribution in [0.15, 0.2) is 41.3 Å². The molecule has 0 saturated heterocycles. The number of hydrogen-bond acceptors (Lipinski definition) is 5. The smallest absolute Gasteiger partial charge is 0.342 e. The third-order valence-corrected chi connectivity index (χ3v) is 4.84. The topological polar surface area (TPSA) is 86.5 Å². The predicted octanol–water partition coefficient (Wildman–Crippen LogP) is 4.32. The highest BCUT2D eigenvalue weighted by atomic mass is 35.5. The minimum absolute atomic E-state index is 0.157. The molecule has 0 aromatic heterocycles. The number of nitro benzene ring substituents is 1. The summed E-state index contributed by atoms with van der Waals surface area (Å²) in [6.45, 7) is 0. The van der Waals surface area contributed by atoms with E-state index in [0.717, 1.165) is 6.07 Å². The Kier molecular flexibility index (Phi) is 4.81. The van der Waals surface area contributed by atoms with E-state index in [4.69, 9.17) is 39.0 Å². The van der Waals surface area contributed by atoms with Crippen molar-refractivity contribution in [1.82, 2.24) is 0 Å². The van der Waals surface area contributed by atoms with Crippen molar-refractivity contribution in [2.45, 2.75) is 4.90 Å². The lowest BCUT2D eigenvalue weighted by Gasteiger charge is -2.10. The molecule has 0 fully saturated rings. The maximum atomic E-state index is 12.2. The SMILES string of the molecule is O=[N+]([O-])c1cccc(OS(=O)(=O)c2c(Cl)cc(Cl)cc2Cl)c1. The molecule has 2 aromatic carbocycles. The molecule has 0 atom stereocenters. The standard InChI is InChI=1S/C12H6Cl3NO5S/c13-7-4-10(14)12(11(15)5-7)22(19,20)21-9-3-1-2-8(6-9)16(17)18/h1-6H. The summed E-state index contributed by atoms with van der Waals surface area (Å²) in [5.41, 5.74) is -0.319. The van der Waals surface area contributed by atoms with Gasteiger partial charge in [0.2, 0.25) is 0 Å². The number of hydrogen-bond donors (Lipinski definition) is 0. The average molecular weight is 383 g/mol. The first-order valence-corrected chi connectivity index (χ1v) is 8.08. The molecule has 0 N–H and O–H groups in total. The van der Waals surface area contributed by atoms with Crippen LogP contribution in [0.25, 0.3) is 0 Å². The molecule has 0 heterocycles. The Morgan fingerprint density at radius 2 is 1.64 bits per heavy atom. The van der Waals surface area contributed by atoms with E-state index in [1.54, 1.807) is 0 Å². The van der Waals surface area contributed by atoms with Crippen molar-refractivity contribution < 1.29 is 17.5 Å². The van der Waals surface area contributed by atoms with Crippen LogP contribution in [0.5, 0.6) is 5.75 Å². The number of halogens is 3. The molecule has 22 heavy (non-hydrogen) atoms. The van der Waals surface area contributed by atoms with E-state index in [2.05, 4.69) is 0 Å². The van der Waals surface area contributed by atoms with Crippen LogP contribution in [0, 0.1) is 10.1 Å². The van der Waals surface area contributed by atoms with Crippen LogP contribution in [0.3, 0.4) is 0 Å². The Morgan fingerprint density at radius 3 is 2.18 bits per heavy atom. The number of nitrogens with zero attached hydrogens (tertiary/aromatic N) is 1. The first-order chi connectivity index (χ1) is 10.2. The third kappa shape index (κ3) is 3.61. The molecule has 0 aliphatic rings. The first-order valence-electron chi connectivity index (χ1n) is 5.54. The Bertz CT molecular complexity index is 831. The van der Waals surface area contributed by atoms with Gasteiger partial charge in [-0.25, -0.2) is 0 Å². The van der Waals surface area contributed by atoms with Crippen LogP contribution < -0.4 is 4.18 Å². The van der Waals surface area contributed by atoms with Crippen LogP contribution in [-0.4, -0.2) is 13.3 Å². The molecule has 0 unspecified atom stereocenters. The van der Waals surface area contributed by atoms with Gasteiger partial charge in [-0.3, -0.25) is 10.1 Å². The first kappa shape index (κ1) is 16.8. The van der Waals surface area contributed by atoms with Crippen molar-refractivity contribution in [1.29, 1.82) is 0 Å². The molecule has 2 rings (SSSR count). The number of benzene rings is 2. The second kappa shape index (κ2) is 6.29. The maximum absolute atomic E-state index is 12.2. The zero-order valence-corrected chi connectivity index (χ0v) is 13.6. The highest BCUT2D eigenvalue weighted by molar-refractivity contribution is 7.87. The van der Waals surface area contributed by atoms with E-state index in [1.807, 2.05) is 0 Å². The van der Waals surface area contributed by atoms with Crippen molar-refractivity contribution in [3.05, 3.63) is 61.6 Å². The Balaban J connectivity index is 2.45. The summed E-state index contributed by atoms with van der Waals surface area (Å²) in [4.78, 5) is 9.53. The lowest BCUT2D eigenvalue weighted by molar-refractivity contribution is -0.384.